The first-order chi connectivity index (χ1) is 10.5. The first-order valence-electron chi connectivity index (χ1n) is 6.77. The van der Waals surface area contributed by atoms with Gasteiger partial charge in [-0.15, -0.1) is 0 Å². The summed E-state index contributed by atoms with van der Waals surface area (Å²) in [4.78, 5) is 12.2. The van der Waals surface area contributed by atoms with Gasteiger partial charge in [0.15, 0.2) is 10.8 Å². The van der Waals surface area contributed by atoms with Gasteiger partial charge in [0.05, 0.1) is 12.4 Å². The van der Waals surface area contributed by atoms with Crippen molar-refractivity contribution >= 4 is 21.8 Å². The Morgan fingerprint density at radius 3 is 2.39 bits per heavy atom. The van der Waals surface area contributed by atoms with Crippen LogP contribution >= 0.6 is 0 Å². The van der Waals surface area contributed by atoms with Crippen molar-refractivity contribution in [1.29, 1.82) is 0 Å². The van der Waals surface area contributed by atoms with Gasteiger partial charge < -0.3 is 4.74 Å². The van der Waals surface area contributed by atoms with Crippen LogP contribution in [-0.2, 0) is 28.9 Å². The van der Waals surface area contributed by atoms with E-state index in [-0.39, 0.29) is 16.4 Å². The lowest BCUT2D eigenvalue weighted by Gasteiger charge is -2.19. The van der Waals surface area contributed by atoms with E-state index in [1.807, 2.05) is 0 Å². The fourth-order valence-electron chi connectivity index (χ4n) is 1.85. The predicted octanol–water partition coefficient (Wildman–Crippen LogP) is 0.910. The zero-order chi connectivity index (χ0) is 17.4. The van der Waals surface area contributed by atoms with Crippen molar-refractivity contribution in [3.63, 3.8) is 0 Å². The molecule has 10 heteroatoms. The third-order valence-corrected chi connectivity index (χ3v) is 4.25. The molecule has 0 amide bonds. The molecule has 0 fully saturated rings. The molecule has 0 bridgehead atoms. The maximum Gasteiger partial charge on any atom is 0.344 e. The highest BCUT2D eigenvalue weighted by molar-refractivity contribution is 7.92. The second-order valence-corrected chi connectivity index (χ2v) is 7.56. The second kappa shape index (κ2) is 5.69. The fraction of sp³-hybridized carbons (Fsp3) is 0.462. The Morgan fingerprint density at radius 1 is 1.22 bits per heavy atom. The van der Waals surface area contributed by atoms with Crippen molar-refractivity contribution in [3.8, 4) is 0 Å². The van der Waals surface area contributed by atoms with E-state index in [4.69, 9.17) is 4.74 Å². The van der Waals surface area contributed by atoms with Gasteiger partial charge in [-0.3, -0.25) is 14.1 Å². The number of aromatic nitrogens is 4. The Labute approximate surface area is 134 Å². The van der Waals surface area contributed by atoms with E-state index in [1.165, 1.54) is 41.9 Å². The van der Waals surface area contributed by atoms with Crippen LogP contribution in [0.2, 0.25) is 0 Å². The molecule has 0 aliphatic carbocycles. The monoisotopic (exact) mass is 341 g/mol. The fourth-order valence-corrected chi connectivity index (χ4v) is 3.08. The van der Waals surface area contributed by atoms with E-state index in [0.29, 0.717) is 0 Å². The molecule has 2 rings (SSSR count). The van der Waals surface area contributed by atoms with Gasteiger partial charge in [-0.25, -0.2) is 4.79 Å². The molecule has 0 spiro atoms. The standard InChI is InChI=1S/C13H19N5O4S/c1-13(2,3)22-12(19)9-8-15-18(5)11(9)16-23(20,21)10-6-7-14-17(10)4/h6-8,16H,1-5H3. The van der Waals surface area contributed by atoms with E-state index in [1.54, 1.807) is 20.8 Å². The first kappa shape index (κ1) is 17.0. The number of carbonyl (C=O) groups is 1. The molecule has 0 saturated heterocycles. The summed E-state index contributed by atoms with van der Waals surface area (Å²) >= 11 is 0. The number of nitrogens with one attached hydrogen (secondary N) is 1. The SMILES string of the molecule is Cn1nccc1S(=O)(=O)Nc1c(C(=O)OC(C)(C)C)cnn1C. The molecule has 0 aliphatic rings. The number of ether oxygens (including phenoxy) is 1. The number of anilines is 1. The van der Waals surface area contributed by atoms with Crippen molar-refractivity contribution in [2.45, 2.75) is 31.4 Å². The normalized spacial score (nSPS) is 12.2. The number of rotatable bonds is 4. The summed E-state index contributed by atoms with van der Waals surface area (Å²) in [5.74, 6) is -0.631. The number of esters is 1. The minimum atomic E-state index is -3.91. The lowest BCUT2D eigenvalue weighted by atomic mass is 10.2. The Balaban J connectivity index is 2.36. The molecular weight excluding hydrogens is 322 g/mol. The second-order valence-electron chi connectivity index (χ2n) is 5.93. The lowest BCUT2D eigenvalue weighted by molar-refractivity contribution is 0.00707. The number of aryl methyl sites for hydroxylation is 2. The summed E-state index contributed by atoms with van der Waals surface area (Å²) in [5, 5.41) is 7.71. The van der Waals surface area contributed by atoms with E-state index in [0.717, 1.165) is 0 Å². The van der Waals surface area contributed by atoms with Crippen molar-refractivity contribution in [2.75, 3.05) is 4.72 Å². The van der Waals surface area contributed by atoms with Crippen LogP contribution in [0.15, 0.2) is 23.5 Å². The summed E-state index contributed by atoms with van der Waals surface area (Å²) in [5.41, 5.74) is -0.668. The number of hydrogen-bond donors (Lipinski definition) is 1. The van der Waals surface area contributed by atoms with Crippen molar-refractivity contribution in [1.82, 2.24) is 19.6 Å². The minimum Gasteiger partial charge on any atom is -0.456 e. The summed E-state index contributed by atoms with van der Waals surface area (Å²) in [7, 11) is -0.882. The molecule has 2 heterocycles. The largest absolute Gasteiger partial charge is 0.456 e. The van der Waals surface area contributed by atoms with Crippen molar-refractivity contribution in [3.05, 3.63) is 24.0 Å². The average molecular weight is 341 g/mol. The summed E-state index contributed by atoms with van der Waals surface area (Å²) in [6.07, 6.45) is 2.63. The summed E-state index contributed by atoms with van der Waals surface area (Å²) in [6, 6.07) is 1.35. The molecular formula is C13H19N5O4S. The molecule has 0 unspecified atom stereocenters. The molecule has 0 saturated carbocycles. The number of hydrogen-bond acceptors (Lipinski definition) is 6. The van der Waals surface area contributed by atoms with Gasteiger partial charge >= 0.3 is 5.97 Å². The van der Waals surface area contributed by atoms with Crippen LogP contribution in [0.1, 0.15) is 31.1 Å². The zero-order valence-electron chi connectivity index (χ0n) is 13.6. The number of nitrogens with zero attached hydrogens (tertiary/aromatic N) is 4. The van der Waals surface area contributed by atoms with Crippen LogP contribution in [0.3, 0.4) is 0 Å². The molecule has 23 heavy (non-hydrogen) atoms. The third kappa shape index (κ3) is 3.70. The van der Waals surface area contributed by atoms with E-state index in [9.17, 15) is 13.2 Å². The van der Waals surface area contributed by atoms with Crippen LogP contribution < -0.4 is 4.72 Å². The van der Waals surface area contributed by atoms with Crippen LogP contribution in [0, 0.1) is 0 Å². The van der Waals surface area contributed by atoms with Crippen LogP contribution in [0.5, 0.6) is 0 Å². The summed E-state index contributed by atoms with van der Waals surface area (Å²) < 4.78 is 34.9. The minimum absolute atomic E-state index is 0.0282. The Bertz CT molecular complexity index is 829. The molecule has 2 aromatic heterocycles. The Kier molecular flexibility index (Phi) is 4.20. The Hall–Kier alpha value is -2.36. The molecule has 1 N–H and O–H groups in total. The molecule has 0 atom stereocenters. The zero-order valence-corrected chi connectivity index (χ0v) is 14.4. The van der Waals surface area contributed by atoms with Gasteiger partial charge in [-0.1, -0.05) is 0 Å². The highest BCUT2D eigenvalue weighted by Gasteiger charge is 2.27. The average Bonchev–Trinajstić information content (AvgIpc) is 2.95. The first-order valence-corrected chi connectivity index (χ1v) is 8.26. The van der Waals surface area contributed by atoms with Gasteiger partial charge in [0, 0.05) is 14.1 Å². The van der Waals surface area contributed by atoms with Crippen LogP contribution in [-0.4, -0.2) is 39.5 Å². The van der Waals surface area contributed by atoms with E-state index < -0.39 is 21.6 Å². The number of carbonyl (C=O) groups excluding carboxylic acids is 1. The molecule has 0 aromatic carbocycles. The van der Waals surface area contributed by atoms with E-state index >= 15 is 0 Å². The lowest BCUT2D eigenvalue weighted by Crippen LogP contribution is -2.25. The highest BCUT2D eigenvalue weighted by atomic mass is 32.2. The molecule has 0 radical (unpaired) electrons. The quantitative estimate of drug-likeness (QED) is 0.828. The van der Waals surface area contributed by atoms with Gasteiger partial charge in [-0.2, -0.15) is 18.6 Å². The molecule has 126 valence electrons. The number of sulfonamides is 1. The van der Waals surface area contributed by atoms with Gasteiger partial charge in [0.25, 0.3) is 10.0 Å². The van der Waals surface area contributed by atoms with Gasteiger partial charge in [-0.05, 0) is 26.8 Å². The van der Waals surface area contributed by atoms with Crippen molar-refractivity contribution < 1.29 is 17.9 Å². The van der Waals surface area contributed by atoms with Crippen LogP contribution in [0.25, 0.3) is 0 Å². The topological polar surface area (TPSA) is 108 Å². The molecule has 0 aliphatic heterocycles. The third-order valence-electron chi connectivity index (χ3n) is 2.84. The van der Waals surface area contributed by atoms with Gasteiger partial charge in [0.1, 0.15) is 11.2 Å². The molecule has 2 aromatic rings. The Morgan fingerprint density at radius 2 is 1.87 bits per heavy atom. The summed E-state index contributed by atoms with van der Waals surface area (Å²) in [6.45, 7) is 5.17. The maximum atomic E-state index is 12.4. The molecule has 9 nitrogen and oxygen atoms in total. The highest BCUT2D eigenvalue weighted by Crippen LogP contribution is 2.22. The van der Waals surface area contributed by atoms with Crippen molar-refractivity contribution in [2.24, 2.45) is 14.1 Å². The van der Waals surface area contributed by atoms with Crippen LogP contribution in [0.4, 0.5) is 5.82 Å². The van der Waals surface area contributed by atoms with Gasteiger partial charge in [0.2, 0.25) is 0 Å². The predicted molar refractivity (Wildman–Crippen MR) is 82.4 cm³/mol. The maximum absolute atomic E-state index is 12.4. The van der Waals surface area contributed by atoms with E-state index in [2.05, 4.69) is 14.9 Å². The smallest absolute Gasteiger partial charge is 0.344 e.